The normalized spacial score (nSPS) is 11.5. The predicted octanol–water partition coefficient (Wildman–Crippen LogP) is 1.19. The SMILES string of the molecule is CCC(C)C(=O)OCC(=O)NC(=O)NCc1ccco1. The summed E-state index contributed by atoms with van der Waals surface area (Å²) in [4.78, 5) is 34.0. The standard InChI is InChI=1S/C13H18N2O5/c1-3-9(2)12(17)20-8-11(16)15-13(18)14-7-10-5-4-6-19-10/h4-6,9H,3,7-8H2,1-2H3,(H2,14,15,16,18). The van der Waals surface area contributed by atoms with Crippen molar-refractivity contribution in [2.24, 2.45) is 5.92 Å². The first-order valence-corrected chi connectivity index (χ1v) is 6.29. The lowest BCUT2D eigenvalue weighted by molar-refractivity contribution is -0.151. The van der Waals surface area contributed by atoms with Crippen LogP contribution in [0, 0.1) is 5.92 Å². The van der Waals surface area contributed by atoms with Gasteiger partial charge in [-0.1, -0.05) is 13.8 Å². The number of ether oxygens (including phenoxy) is 1. The summed E-state index contributed by atoms with van der Waals surface area (Å²) >= 11 is 0. The first-order chi connectivity index (χ1) is 9.52. The number of rotatable bonds is 6. The molecular weight excluding hydrogens is 264 g/mol. The summed E-state index contributed by atoms with van der Waals surface area (Å²) in [6.45, 7) is 3.24. The van der Waals surface area contributed by atoms with Crippen molar-refractivity contribution in [2.45, 2.75) is 26.8 Å². The third-order valence-corrected chi connectivity index (χ3v) is 2.62. The minimum atomic E-state index is -0.682. The molecule has 3 amide bonds. The van der Waals surface area contributed by atoms with Gasteiger partial charge in [0.15, 0.2) is 6.61 Å². The molecule has 0 aliphatic rings. The Morgan fingerprint density at radius 3 is 2.75 bits per heavy atom. The molecule has 0 aliphatic heterocycles. The molecule has 20 heavy (non-hydrogen) atoms. The van der Waals surface area contributed by atoms with Gasteiger partial charge in [0.2, 0.25) is 0 Å². The third kappa shape index (κ3) is 5.55. The summed E-state index contributed by atoms with van der Waals surface area (Å²) in [5.74, 6) is -0.844. The van der Waals surface area contributed by atoms with Crippen LogP contribution in [0.25, 0.3) is 0 Å². The number of nitrogens with one attached hydrogen (secondary N) is 2. The summed E-state index contributed by atoms with van der Waals surface area (Å²) in [6.07, 6.45) is 2.11. The second-order valence-corrected chi connectivity index (χ2v) is 4.23. The van der Waals surface area contributed by atoms with Gasteiger partial charge >= 0.3 is 12.0 Å². The van der Waals surface area contributed by atoms with Crippen molar-refractivity contribution in [1.82, 2.24) is 10.6 Å². The highest BCUT2D eigenvalue weighted by Crippen LogP contribution is 2.02. The van der Waals surface area contributed by atoms with E-state index in [1.165, 1.54) is 6.26 Å². The molecule has 1 unspecified atom stereocenters. The molecule has 1 heterocycles. The quantitative estimate of drug-likeness (QED) is 0.764. The molecule has 0 saturated carbocycles. The van der Waals surface area contributed by atoms with E-state index in [1.54, 1.807) is 19.1 Å². The van der Waals surface area contributed by atoms with Gasteiger partial charge in [-0.05, 0) is 18.6 Å². The minimum absolute atomic E-state index is 0.165. The Balaban J connectivity index is 2.21. The molecule has 0 spiro atoms. The largest absolute Gasteiger partial charge is 0.467 e. The van der Waals surface area contributed by atoms with E-state index in [0.29, 0.717) is 12.2 Å². The van der Waals surface area contributed by atoms with Crippen molar-refractivity contribution < 1.29 is 23.5 Å². The molecule has 1 aromatic heterocycles. The van der Waals surface area contributed by atoms with E-state index in [-0.39, 0.29) is 12.5 Å². The van der Waals surface area contributed by atoms with Crippen molar-refractivity contribution in [3.63, 3.8) is 0 Å². The van der Waals surface area contributed by atoms with E-state index in [4.69, 9.17) is 9.15 Å². The van der Waals surface area contributed by atoms with Crippen LogP contribution in [-0.2, 0) is 20.9 Å². The molecule has 0 saturated heterocycles. The molecule has 0 radical (unpaired) electrons. The zero-order valence-corrected chi connectivity index (χ0v) is 11.5. The van der Waals surface area contributed by atoms with E-state index in [1.807, 2.05) is 12.2 Å². The predicted molar refractivity (Wildman–Crippen MR) is 69.5 cm³/mol. The summed E-state index contributed by atoms with van der Waals surface area (Å²) in [5, 5.41) is 4.48. The van der Waals surface area contributed by atoms with Crippen molar-refractivity contribution in [3.05, 3.63) is 24.2 Å². The molecule has 0 fully saturated rings. The van der Waals surface area contributed by atoms with Gasteiger partial charge in [0.05, 0.1) is 18.7 Å². The summed E-state index contributed by atoms with van der Waals surface area (Å²) in [5.41, 5.74) is 0. The highest BCUT2D eigenvalue weighted by molar-refractivity contribution is 5.95. The van der Waals surface area contributed by atoms with Gasteiger partial charge in [-0.25, -0.2) is 4.79 Å². The molecule has 0 bridgehead atoms. The van der Waals surface area contributed by atoms with Gasteiger partial charge in [-0.15, -0.1) is 0 Å². The van der Waals surface area contributed by atoms with Gasteiger partial charge in [-0.3, -0.25) is 14.9 Å². The van der Waals surface area contributed by atoms with Gasteiger partial charge in [0.25, 0.3) is 5.91 Å². The number of imide groups is 1. The van der Waals surface area contributed by atoms with Crippen LogP contribution in [0.4, 0.5) is 4.79 Å². The van der Waals surface area contributed by atoms with Crippen LogP contribution in [0.5, 0.6) is 0 Å². The third-order valence-electron chi connectivity index (χ3n) is 2.62. The summed E-state index contributed by atoms with van der Waals surface area (Å²) < 4.78 is 9.77. The Morgan fingerprint density at radius 1 is 1.40 bits per heavy atom. The fraction of sp³-hybridized carbons (Fsp3) is 0.462. The van der Waals surface area contributed by atoms with Gasteiger partial charge in [-0.2, -0.15) is 0 Å². The zero-order chi connectivity index (χ0) is 15.0. The second-order valence-electron chi connectivity index (χ2n) is 4.23. The van der Waals surface area contributed by atoms with Crippen LogP contribution in [0.3, 0.4) is 0 Å². The Hall–Kier alpha value is -2.31. The summed E-state index contributed by atoms with van der Waals surface area (Å²) in [6, 6.07) is 2.70. The molecular formula is C13H18N2O5. The van der Waals surface area contributed by atoms with E-state index in [0.717, 1.165) is 0 Å². The van der Waals surface area contributed by atoms with Crippen molar-refractivity contribution in [2.75, 3.05) is 6.61 Å². The van der Waals surface area contributed by atoms with Crippen LogP contribution in [-0.4, -0.2) is 24.5 Å². The van der Waals surface area contributed by atoms with E-state index >= 15 is 0 Å². The van der Waals surface area contributed by atoms with Crippen LogP contribution in [0.2, 0.25) is 0 Å². The van der Waals surface area contributed by atoms with Crippen molar-refractivity contribution in [3.8, 4) is 0 Å². The van der Waals surface area contributed by atoms with Gasteiger partial charge < -0.3 is 14.5 Å². The fourth-order valence-corrected chi connectivity index (χ4v) is 1.23. The molecule has 0 aromatic carbocycles. The van der Waals surface area contributed by atoms with Gasteiger partial charge in [0, 0.05) is 0 Å². The first-order valence-electron chi connectivity index (χ1n) is 6.29. The lowest BCUT2D eigenvalue weighted by atomic mass is 10.1. The van der Waals surface area contributed by atoms with E-state index < -0.39 is 24.5 Å². The number of amides is 3. The molecule has 110 valence electrons. The van der Waals surface area contributed by atoms with Crippen LogP contribution in [0.15, 0.2) is 22.8 Å². The maximum atomic E-state index is 11.4. The zero-order valence-electron chi connectivity index (χ0n) is 11.5. The highest BCUT2D eigenvalue weighted by atomic mass is 16.5. The molecule has 1 rings (SSSR count). The Labute approximate surface area is 116 Å². The number of esters is 1. The highest BCUT2D eigenvalue weighted by Gasteiger charge is 2.15. The molecule has 7 heteroatoms. The molecule has 7 nitrogen and oxygen atoms in total. The maximum Gasteiger partial charge on any atom is 0.321 e. The molecule has 1 atom stereocenters. The van der Waals surface area contributed by atoms with Gasteiger partial charge in [0.1, 0.15) is 5.76 Å². The smallest absolute Gasteiger partial charge is 0.321 e. The average Bonchev–Trinajstić information content (AvgIpc) is 2.94. The van der Waals surface area contributed by atoms with E-state index in [2.05, 4.69) is 5.32 Å². The summed E-state index contributed by atoms with van der Waals surface area (Å²) in [7, 11) is 0. The number of hydrogen-bond acceptors (Lipinski definition) is 5. The molecule has 1 aromatic rings. The number of carbonyl (C=O) groups is 3. The Morgan fingerprint density at radius 2 is 2.15 bits per heavy atom. The van der Waals surface area contributed by atoms with Crippen molar-refractivity contribution in [1.29, 1.82) is 0 Å². The second kappa shape index (κ2) is 7.98. The van der Waals surface area contributed by atoms with E-state index in [9.17, 15) is 14.4 Å². The fourth-order valence-electron chi connectivity index (χ4n) is 1.23. The topological polar surface area (TPSA) is 97.6 Å². The lowest BCUT2D eigenvalue weighted by Crippen LogP contribution is -2.41. The molecule has 2 N–H and O–H groups in total. The number of urea groups is 1. The number of furan rings is 1. The van der Waals surface area contributed by atoms with Crippen molar-refractivity contribution >= 4 is 17.9 Å². The Kier molecular flexibility index (Phi) is 6.28. The molecule has 0 aliphatic carbocycles. The number of hydrogen-bond donors (Lipinski definition) is 2. The lowest BCUT2D eigenvalue weighted by Gasteiger charge is -2.09. The minimum Gasteiger partial charge on any atom is -0.467 e. The first kappa shape index (κ1) is 15.7. The van der Waals surface area contributed by atoms with Crippen LogP contribution >= 0.6 is 0 Å². The van der Waals surface area contributed by atoms with Crippen LogP contribution in [0.1, 0.15) is 26.0 Å². The Bertz CT molecular complexity index is 455. The van der Waals surface area contributed by atoms with Crippen LogP contribution < -0.4 is 10.6 Å². The maximum absolute atomic E-state index is 11.4. The average molecular weight is 282 g/mol. The number of carbonyl (C=O) groups excluding carboxylic acids is 3. The monoisotopic (exact) mass is 282 g/mol.